The maximum absolute atomic E-state index is 12.8. The first-order valence-corrected chi connectivity index (χ1v) is 10.2. The molecule has 0 bridgehead atoms. The molecule has 1 fully saturated rings. The van der Waals surface area contributed by atoms with Crippen LogP contribution in [0, 0.1) is 25.2 Å². The summed E-state index contributed by atoms with van der Waals surface area (Å²) < 4.78 is 1.97. The predicted octanol–water partition coefficient (Wildman–Crippen LogP) is 4.53. The fraction of sp³-hybridized carbons (Fsp3) is 0.478. The van der Waals surface area contributed by atoms with Crippen molar-refractivity contribution in [3.8, 4) is 6.07 Å². The molecule has 2 aromatic rings. The molecule has 28 heavy (non-hydrogen) atoms. The van der Waals surface area contributed by atoms with Crippen LogP contribution in [0.5, 0.6) is 0 Å². The summed E-state index contributed by atoms with van der Waals surface area (Å²) in [5, 5.41) is 9.03. The molecule has 1 saturated heterocycles. The first kappa shape index (κ1) is 23.3. The summed E-state index contributed by atoms with van der Waals surface area (Å²) in [7, 11) is 1.94. The van der Waals surface area contributed by atoms with Crippen molar-refractivity contribution in [1.29, 1.82) is 5.26 Å². The Kier molecular flexibility index (Phi) is 9.31. The van der Waals surface area contributed by atoms with Crippen LogP contribution >= 0.6 is 0 Å². The van der Waals surface area contributed by atoms with Crippen molar-refractivity contribution in [3.05, 3.63) is 52.8 Å². The zero-order chi connectivity index (χ0) is 21.3. The minimum atomic E-state index is 0.0964. The van der Waals surface area contributed by atoms with E-state index in [0.717, 1.165) is 35.7 Å². The van der Waals surface area contributed by atoms with Gasteiger partial charge in [-0.05, 0) is 43.7 Å². The van der Waals surface area contributed by atoms with E-state index in [-0.39, 0.29) is 5.91 Å². The van der Waals surface area contributed by atoms with Gasteiger partial charge < -0.3 is 14.4 Å². The van der Waals surface area contributed by atoms with Gasteiger partial charge in [0.1, 0.15) is 5.69 Å². The molecule has 1 amide bonds. The zero-order valence-corrected chi connectivity index (χ0v) is 18.4. The topological polar surface area (TPSA) is 52.3 Å². The Morgan fingerprint density at radius 3 is 2.11 bits per heavy atom. The monoisotopic (exact) mass is 382 g/mol. The number of aromatic nitrogens is 1. The number of aryl methyl sites for hydroxylation is 1. The van der Waals surface area contributed by atoms with Gasteiger partial charge in [0.25, 0.3) is 5.91 Å². The number of rotatable bonds is 2. The van der Waals surface area contributed by atoms with Crippen molar-refractivity contribution in [2.45, 2.75) is 41.5 Å². The molecule has 0 unspecified atom stereocenters. The Bertz CT molecular complexity index is 808. The quantitative estimate of drug-likeness (QED) is 0.767. The number of amides is 1. The van der Waals surface area contributed by atoms with Crippen LogP contribution in [0.15, 0.2) is 30.3 Å². The lowest BCUT2D eigenvalue weighted by molar-refractivity contribution is 0.0737. The zero-order valence-electron chi connectivity index (χ0n) is 18.4. The van der Waals surface area contributed by atoms with E-state index in [1.807, 2.05) is 88.4 Å². The number of carbonyl (C=O) groups is 1. The number of nitrogens with zero attached hydrogens (tertiary/aromatic N) is 4. The molecule has 3 rings (SSSR count). The predicted molar refractivity (Wildman–Crippen MR) is 117 cm³/mol. The van der Waals surface area contributed by atoms with Gasteiger partial charge in [-0.2, -0.15) is 5.26 Å². The van der Waals surface area contributed by atoms with E-state index < -0.39 is 0 Å². The molecule has 2 heterocycles. The summed E-state index contributed by atoms with van der Waals surface area (Å²) in [6, 6.07) is 11.8. The molecule has 1 aromatic carbocycles. The van der Waals surface area contributed by atoms with Crippen molar-refractivity contribution in [1.82, 2.24) is 9.47 Å². The second-order valence-corrected chi connectivity index (χ2v) is 6.30. The van der Waals surface area contributed by atoms with Crippen LogP contribution in [-0.4, -0.2) is 41.6 Å². The first-order valence-electron chi connectivity index (χ1n) is 10.2. The first-order chi connectivity index (χ1) is 13.5. The van der Waals surface area contributed by atoms with E-state index in [2.05, 4.69) is 11.0 Å². The highest BCUT2D eigenvalue weighted by Gasteiger charge is 2.24. The Balaban J connectivity index is 0.000000921. The third kappa shape index (κ3) is 5.16. The summed E-state index contributed by atoms with van der Waals surface area (Å²) in [5.74, 6) is 0.0964. The van der Waals surface area contributed by atoms with Gasteiger partial charge in [-0.1, -0.05) is 33.8 Å². The molecule has 0 saturated carbocycles. The average molecular weight is 383 g/mol. The molecule has 1 aromatic heterocycles. The number of anilines is 1. The Hall–Kier alpha value is -2.74. The van der Waals surface area contributed by atoms with E-state index >= 15 is 0 Å². The average Bonchev–Trinajstić information content (AvgIpc) is 3.03. The number of carbonyl (C=O) groups excluding carboxylic acids is 1. The second-order valence-electron chi connectivity index (χ2n) is 6.30. The Labute approximate surface area is 170 Å². The van der Waals surface area contributed by atoms with Crippen molar-refractivity contribution < 1.29 is 4.79 Å². The third-order valence-corrected chi connectivity index (χ3v) is 4.91. The highest BCUT2D eigenvalue weighted by molar-refractivity contribution is 5.93. The molecule has 5 nitrogen and oxygen atoms in total. The van der Waals surface area contributed by atoms with Crippen LogP contribution in [-0.2, 0) is 7.05 Å². The van der Waals surface area contributed by atoms with E-state index in [0.29, 0.717) is 18.7 Å². The number of hydrogen-bond donors (Lipinski definition) is 0. The largest absolute Gasteiger partial charge is 0.368 e. The number of nitriles is 1. The molecule has 0 aliphatic carbocycles. The molecule has 0 spiro atoms. The van der Waals surface area contributed by atoms with Crippen LogP contribution in [0.2, 0.25) is 0 Å². The summed E-state index contributed by atoms with van der Waals surface area (Å²) in [6.07, 6.45) is 0. The van der Waals surface area contributed by atoms with Crippen LogP contribution in [0.25, 0.3) is 0 Å². The van der Waals surface area contributed by atoms with E-state index in [9.17, 15) is 4.79 Å². The van der Waals surface area contributed by atoms with E-state index in [1.54, 1.807) is 0 Å². The summed E-state index contributed by atoms with van der Waals surface area (Å²) in [6.45, 7) is 15.0. The van der Waals surface area contributed by atoms with Crippen LogP contribution < -0.4 is 4.90 Å². The van der Waals surface area contributed by atoms with Gasteiger partial charge in [-0.25, -0.2) is 0 Å². The fourth-order valence-electron chi connectivity index (χ4n) is 3.16. The molecule has 1 aliphatic heterocycles. The van der Waals surface area contributed by atoms with E-state index in [4.69, 9.17) is 5.26 Å². The van der Waals surface area contributed by atoms with Crippen LogP contribution in [0.4, 0.5) is 5.69 Å². The van der Waals surface area contributed by atoms with Crippen LogP contribution in [0.3, 0.4) is 0 Å². The minimum Gasteiger partial charge on any atom is -0.368 e. The lowest BCUT2D eigenvalue weighted by Crippen LogP contribution is -2.49. The van der Waals surface area contributed by atoms with Crippen molar-refractivity contribution in [2.24, 2.45) is 7.05 Å². The van der Waals surface area contributed by atoms with Gasteiger partial charge in [0.2, 0.25) is 0 Å². The smallest absolute Gasteiger partial charge is 0.270 e. The highest BCUT2D eigenvalue weighted by Crippen LogP contribution is 2.20. The number of hydrogen-bond acceptors (Lipinski definition) is 3. The molecule has 0 atom stereocenters. The van der Waals surface area contributed by atoms with Gasteiger partial charge in [0, 0.05) is 44.6 Å². The van der Waals surface area contributed by atoms with Gasteiger partial charge in [-0.15, -0.1) is 0 Å². The summed E-state index contributed by atoms with van der Waals surface area (Å²) in [5.41, 5.74) is 4.75. The van der Waals surface area contributed by atoms with Gasteiger partial charge >= 0.3 is 0 Å². The normalized spacial score (nSPS) is 12.9. The highest BCUT2D eigenvalue weighted by atomic mass is 16.2. The van der Waals surface area contributed by atoms with Gasteiger partial charge in [0.15, 0.2) is 0 Å². The van der Waals surface area contributed by atoms with Gasteiger partial charge in [-0.3, -0.25) is 4.79 Å². The van der Waals surface area contributed by atoms with Gasteiger partial charge in [0.05, 0.1) is 11.6 Å². The Morgan fingerprint density at radius 1 is 1.00 bits per heavy atom. The SMILES string of the molecule is CC.CC.Cc1cc(C(=O)N2CCN(c3cccc(C#N)c3)CC2)n(C)c1C. The molecular weight excluding hydrogens is 348 g/mol. The maximum Gasteiger partial charge on any atom is 0.270 e. The second kappa shape index (κ2) is 11.2. The summed E-state index contributed by atoms with van der Waals surface area (Å²) >= 11 is 0. The molecular formula is C23H34N4O. The lowest BCUT2D eigenvalue weighted by Gasteiger charge is -2.36. The standard InChI is InChI=1S/C19H22N4O.2C2H6/c1-14-11-18(21(3)15(14)2)19(24)23-9-7-22(8-10-23)17-6-4-5-16(12-17)13-20;2*1-2/h4-6,11-12H,7-10H2,1-3H3;2*1-2H3. The molecule has 5 heteroatoms. The van der Waals surface area contributed by atoms with Crippen molar-refractivity contribution in [2.75, 3.05) is 31.1 Å². The maximum atomic E-state index is 12.8. The Morgan fingerprint density at radius 2 is 1.61 bits per heavy atom. The van der Waals surface area contributed by atoms with Crippen molar-refractivity contribution in [3.63, 3.8) is 0 Å². The molecule has 0 N–H and O–H groups in total. The molecule has 1 aliphatic rings. The summed E-state index contributed by atoms with van der Waals surface area (Å²) in [4.78, 5) is 16.9. The number of piperazine rings is 1. The fourth-order valence-corrected chi connectivity index (χ4v) is 3.16. The minimum absolute atomic E-state index is 0.0964. The van der Waals surface area contributed by atoms with E-state index in [1.165, 1.54) is 0 Å². The lowest BCUT2D eigenvalue weighted by atomic mass is 10.2. The van der Waals surface area contributed by atoms with Crippen molar-refractivity contribution >= 4 is 11.6 Å². The number of benzene rings is 1. The van der Waals surface area contributed by atoms with Crippen LogP contribution in [0.1, 0.15) is 55.0 Å². The molecule has 152 valence electrons. The third-order valence-electron chi connectivity index (χ3n) is 4.91. The molecule has 0 radical (unpaired) electrons.